The van der Waals surface area contributed by atoms with E-state index in [1.54, 1.807) is 10.9 Å². The van der Waals surface area contributed by atoms with Gasteiger partial charge in [-0.3, -0.25) is 10.1 Å². The molecule has 29 heavy (non-hydrogen) atoms. The van der Waals surface area contributed by atoms with Gasteiger partial charge in [0.1, 0.15) is 0 Å². The number of hydrogen-bond donors (Lipinski definition) is 1. The second-order valence-electron chi connectivity index (χ2n) is 7.88. The van der Waals surface area contributed by atoms with Gasteiger partial charge >= 0.3 is 0 Å². The van der Waals surface area contributed by atoms with Gasteiger partial charge in [-0.25, -0.2) is 23.1 Å². The molecule has 0 aromatic carbocycles. The van der Waals surface area contributed by atoms with Crippen molar-refractivity contribution >= 4 is 43.2 Å². The lowest BCUT2D eigenvalue weighted by Gasteiger charge is -2.11. The highest BCUT2D eigenvalue weighted by Crippen LogP contribution is 2.41. The van der Waals surface area contributed by atoms with Gasteiger partial charge in [0.25, 0.3) is 5.91 Å². The van der Waals surface area contributed by atoms with Gasteiger partial charge in [0.05, 0.1) is 34.2 Å². The van der Waals surface area contributed by atoms with Crippen LogP contribution in [0, 0.1) is 13.8 Å². The highest BCUT2D eigenvalue weighted by molar-refractivity contribution is 7.91. The molecule has 4 heterocycles. The van der Waals surface area contributed by atoms with E-state index in [2.05, 4.69) is 15.4 Å². The molecule has 8 nitrogen and oxygen atoms in total. The first-order valence-corrected chi connectivity index (χ1v) is 12.3. The summed E-state index contributed by atoms with van der Waals surface area (Å²) in [6.45, 7) is 3.78. The van der Waals surface area contributed by atoms with Crippen LogP contribution in [-0.4, -0.2) is 45.6 Å². The van der Waals surface area contributed by atoms with Gasteiger partial charge in [0.2, 0.25) is 0 Å². The molecule has 0 bridgehead atoms. The van der Waals surface area contributed by atoms with Crippen LogP contribution in [0.5, 0.6) is 0 Å². The Kier molecular flexibility index (Phi) is 4.25. The number of pyridine rings is 1. The molecule has 1 amide bonds. The number of carbonyl (C=O) groups excluding carboxylic acids is 1. The number of anilines is 1. The van der Waals surface area contributed by atoms with Crippen LogP contribution in [0.4, 0.5) is 5.13 Å². The number of carbonyl (C=O) groups is 1. The number of nitrogens with one attached hydrogen (secondary N) is 1. The Morgan fingerprint density at radius 3 is 2.69 bits per heavy atom. The van der Waals surface area contributed by atoms with Crippen molar-refractivity contribution in [2.24, 2.45) is 0 Å². The van der Waals surface area contributed by atoms with Crippen molar-refractivity contribution in [2.75, 3.05) is 16.8 Å². The smallest absolute Gasteiger partial charge is 0.258 e. The summed E-state index contributed by atoms with van der Waals surface area (Å²) >= 11 is 1.42. The topological polar surface area (TPSA) is 107 Å². The lowest BCUT2D eigenvalue weighted by atomic mass is 10.1. The standard InChI is InChI=1S/C19H21N5O3S2/c1-10-8-20-19(28-10)22-18(25)14-7-15(12-3-4-12)21-17-16(14)11(2)23-24(17)13-5-6-29(26,27)9-13/h7-8,12-13H,3-6,9H2,1-2H3,(H,20,22,25). The van der Waals surface area contributed by atoms with Crippen molar-refractivity contribution in [1.82, 2.24) is 19.7 Å². The van der Waals surface area contributed by atoms with E-state index >= 15 is 0 Å². The Morgan fingerprint density at radius 2 is 2.07 bits per heavy atom. The average Bonchev–Trinajstić information content (AvgIpc) is 3.24. The molecule has 3 aromatic heterocycles. The minimum Gasteiger partial charge on any atom is -0.298 e. The van der Waals surface area contributed by atoms with E-state index in [1.165, 1.54) is 11.3 Å². The van der Waals surface area contributed by atoms with Crippen molar-refractivity contribution in [1.29, 1.82) is 0 Å². The van der Waals surface area contributed by atoms with E-state index in [1.807, 2.05) is 19.9 Å². The Balaban J connectivity index is 1.62. The first kappa shape index (κ1) is 18.7. The van der Waals surface area contributed by atoms with Crippen molar-refractivity contribution in [3.8, 4) is 0 Å². The Hall–Kier alpha value is -2.33. The first-order chi connectivity index (χ1) is 13.8. The van der Waals surface area contributed by atoms with Crippen LogP contribution in [-0.2, 0) is 9.84 Å². The normalized spacial score (nSPS) is 21.0. The quantitative estimate of drug-likeness (QED) is 0.681. The minimum absolute atomic E-state index is 0.0679. The fourth-order valence-electron chi connectivity index (χ4n) is 3.90. The van der Waals surface area contributed by atoms with Crippen LogP contribution in [0.25, 0.3) is 11.0 Å². The summed E-state index contributed by atoms with van der Waals surface area (Å²) in [5, 5.41) is 8.73. The van der Waals surface area contributed by atoms with Gasteiger partial charge in [0.15, 0.2) is 20.6 Å². The van der Waals surface area contributed by atoms with E-state index in [0.29, 0.717) is 39.8 Å². The summed E-state index contributed by atoms with van der Waals surface area (Å²) < 4.78 is 25.7. The minimum atomic E-state index is -3.06. The largest absolute Gasteiger partial charge is 0.298 e. The summed E-state index contributed by atoms with van der Waals surface area (Å²) in [6, 6.07) is 1.62. The average molecular weight is 432 g/mol. The Labute approximate surface area is 172 Å². The van der Waals surface area contributed by atoms with E-state index < -0.39 is 9.84 Å². The highest BCUT2D eigenvalue weighted by atomic mass is 32.2. The highest BCUT2D eigenvalue weighted by Gasteiger charge is 2.34. The molecule has 1 aliphatic heterocycles. The molecule has 2 aliphatic rings. The monoisotopic (exact) mass is 431 g/mol. The van der Waals surface area contributed by atoms with Crippen LogP contribution in [0.3, 0.4) is 0 Å². The van der Waals surface area contributed by atoms with Crippen molar-refractivity contribution in [2.45, 2.75) is 45.1 Å². The predicted molar refractivity (Wildman–Crippen MR) is 111 cm³/mol. The molecule has 5 rings (SSSR count). The zero-order valence-electron chi connectivity index (χ0n) is 16.2. The summed E-state index contributed by atoms with van der Waals surface area (Å²) in [7, 11) is -3.06. The van der Waals surface area contributed by atoms with Gasteiger partial charge in [-0.05, 0) is 39.2 Å². The predicted octanol–water partition coefficient (Wildman–Crippen LogP) is 2.99. The lowest BCUT2D eigenvalue weighted by Crippen LogP contribution is -2.15. The van der Waals surface area contributed by atoms with E-state index in [4.69, 9.17) is 4.98 Å². The summed E-state index contributed by atoms with van der Waals surface area (Å²) in [5.74, 6) is 0.342. The number of amides is 1. The van der Waals surface area contributed by atoms with Crippen molar-refractivity contribution < 1.29 is 13.2 Å². The van der Waals surface area contributed by atoms with Gasteiger partial charge in [-0.2, -0.15) is 5.10 Å². The molecule has 0 spiro atoms. The first-order valence-electron chi connectivity index (χ1n) is 9.65. The van der Waals surface area contributed by atoms with Crippen molar-refractivity contribution in [3.05, 3.63) is 34.1 Å². The Morgan fingerprint density at radius 1 is 1.28 bits per heavy atom. The zero-order valence-corrected chi connectivity index (χ0v) is 17.8. The summed E-state index contributed by atoms with van der Waals surface area (Å²) in [6.07, 6.45) is 4.35. The number of nitrogens with zero attached hydrogens (tertiary/aromatic N) is 4. The lowest BCUT2D eigenvalue weighted by molar-refractivity contribution is 0.102. The van der Waals surface area contributed by atoms with Gasteiger partial charge < -0.3 is 0 Å². The molecule has 10 heteroatoms. The second kappa shape index (κ2) is 6.60. The maximum absolute atomic E-state index is 13.1. The molecule has 3 aromatic rings. The molecule has 1 saturated carbocycles. The number of sulfone groups is 1. The maximum Gasteiger partial charge on any atom is 0.258 e. The van der Waals surface area contributed by atoms with Crippen molar-refractivity contribution in [3.63, 3.8) is 0 Å². The molecule has 1 unspecified atom stereocenters. The van der Waals surface area contributed by atoms with Crippen LogP contribution < -0.4 is 5.32 Å². The summed E-state index contributed by atoms with van der Waals surface area (Å²) in [4.78, 5) is 23.2. The van der Waals surface area contributed by atoms with Gasteiger partial charge in [0, 0.05) is 22.7 Å². The number of aryl methyl sites for hydroxylation is 2. The SMILES string of the molecule is Cc1cnc(NC(=O)c2cc(C3CC3)nc3c2c(C)nn3C2CCS(=O)(=O)C2)s1. The maximum atomic E-state index is 13.1. The van der Waals surface area contributed by atoms with E-state index in [9.17, 15) is 13.2 Å². The third kappa shape index (κ3) is 3.44. The fraction of sp³-hybridized carbons (Fsp3) is 0.474. The molecular weight excluding hydrogens is 410 g/mol. The number of aromatic nitrogens is 4. The number of rotatable bonds is 4. The molecule has 1 saturated heterocycles. The molecule has 2 fully saturated rings. The van der Waals surface area contributed by atoms with Gasteiger partial charge in [-0.15, -0.1) is 11.3 Å². The number of hydrogen-bond acceptors (Lipinski definition) is 7. The van der Waals surface area contributed by atoms with Crippen LogP contribution in [0.15, 0.2) is 12.3 Å². The molecule has 1 aliphatic carbocycles. The van der Waals surface area contributed by atoms with E-state index in [0.717, 1.165) is 23.4 Å². The van der Waals surface area contributed by atoms with Crippen LogP contribution >= 0.6 is 11.3 Å². The van der Waals surface area contributed by atoms with Crippen LogP contribution in [0.2, 0.25) is 0 Å². The number of fused-ring (bicyclic) bond motifs is 1. The number of thiazole rings is 1. The molecule has 0 radical (unpaired) electrons. The third-order valence-corrected chi connectivity index (χ3v) is 8.07. The van der Waals surface area contributed by atoms with Gasteiger partial charge in [-0.1, -0.05) is 0 Å². The fourth-order valence-corrected chi connectivity index (χ4v) is 6.25. The molecule has 152 valence electrons. The molecule has 1 N–H and O–H groups in total. The Bertz CT molecular complexity index is 1240. The zero-order chi connectivity index (χ0) is 20.3. The third-order valence-electron chi connectivity index (χ3n) is 5.49. The molecule has 1 atom stereocenters. The van der Waals surface area contributed by atoms with E-state index in [-0.39, 0.29) is 23.5 Å². The van der Waals surface area contributed by atoms with Crippen LogP contribution in [0.1, 0.15) is 57.8 Å². The summed E-state index contributed by atoms with van der Waals surface area (Å²) in [5.41, 5.74) is 2.68. The second-order valence-corrected chi connectivity index (χ2v) is 11.3. The molecular formula is C19H21N5O3S2.